The van der Waals surface area contributed by atoms with Crippen LogP contribution in [0.5, 0.6) is 0 Å². The zero-order chi connectivity index (χ0) is 14.7. The van der Waals surface area contributed by atoms with Crippen LogP contribution in [-0.4, -0.2) is 6.54 Å². The molecule has 0 aliphatic rings. The van der Waals surface area contributed by atoms with Gasteiger partial charge < -0.3 is 5.32 Å². The molecule has 2 aromatic rings. The van der Waals surface area contributed by atoms with E-state index < -0.39 is 0 Å². The summed E-state index contributed by atoms with van der Waals surface area (Å²) in [5.41, 5.74) is 4.91. The Morgan fingerprint density at radius 1 is 1.10 bits per heavy atom. The van der Waals surface area contributed by atoms with Crippen molar-refractivity contribution in [3.63, 3.8) is 0 Å². The Balaban J connectivity index is 2.47. The molecule has 1 unspecified atom stereocenters. The lowest BCUT2D eigenvalue weighted by molar-refractivity contribution is 0.610. The van der Waals surface area contributed by atoms with E-state index >= 15 is 0 Å². The van der Waals surface area contributed by atoms with Crippen molar-refractivity contribution in [2.45, 2.75) is 26.8 Å². The van der Waals surface area contributed by atoms with Gasteiger partial charge in [0, 0.05) is 3.57 Å². The highest BCUT2D eigenvalue weighted by Gasteiger charge is 2.16. The molecule has 0 heterocycles. The molecule has 0 saturated carbocycles. The predicted molar refractivity (Wildman–Crippen MR) is 90.6 cm³/mol. The summed E-state index contributed by atoms with van der Waals surface area (Å²) in [6.45, 7) is 7.19. The van der Waals surface area contributed by atoms with Crippen LogP contribution in [0.3, 0.4) is 0 Å². The number of benzene rings is 2. The summed E-state index contributed by atoms with van der Waals surface area (Å²) in [4.78, 5) is 0. The third-order valence-electron chi connectivity index (χ3n) is 3.55. The molecule has 0 aromatic heterocycles. The largest absolute Gasteiger partial charge is 0.306 e. The molecule has 0 bridgehead atoms. The fraction of sp³-hybridized carbons (Fsp3) is 0.294. The van der Waals surface area contributed by atoms with Crippen LogP contribution < -0.4 is 5.32 Å². The first kappa shape index (κ1) is 15.4. The van der Waals surface area contributed by atoms with Gasteiger partial charge in [-0.1, -0.05) is 31.2 Å². The molecule has 1 nitrogen and oxygen atoms in total. The SMILES string of the molecule is CCNC(c1ccc(C)c(C)c1)c1ccc(F)cc1I. The zero-order valence-electron chi connectivity index (χ0n) is 12.0. The lowest BCUT2D eigenvalue weighted by Crippen LogP contribution is -2.23. The van der Waals surface area contributed by atoms with Crippen LogP contribution in [0.1, 0.15) is 35.2 Å². The van der Waals surface area contributed by atoms with Gasteiger partial charge in [0.1, 0.15) is 5.82 Å². The predicted octanol–water partition coefficient (Wildman–Crippen LogP) is 4.75. The molecule has 0 fully saturated rings. The Bertz CT molecular complexity index is 610. The van der Waals surface area contributed by atoms with Crippen molar-refractivity contribution in [3.05, 3.63) is 68.0 Å². The van der Waals surface area contributed by atoms with E-state index in [0.29, 0.717) is 0 Å². The van der Waals surface area contributed by atoms with Gasteiger partial charge >= 0.3 is 0 Å². The lowest BCUT2D eigenvalue weighted by atomic mass is 9.95. The number of hydrogen-bond donors (Lipinski definition) is 1. The number of rotatable bonds is 4. The molecule has 0 spiro atoms. The minimum absolute atomic E-state index is 0.104. The topological polar surface area (TPSA) is 12.0 Å². The van der Waals surface area contributed by atoms with Crippen molar-refractivity contribution in [1.82, 2.24) is 5.32 Å². The molecule has 3 heteroatoms. The van der Waals surface area contributed by atoms with E-state index in [2.05, 4.69) is 66.9 Å². The van der Waals surface area contributed by atoms with Gasteiger partial charge in [0.05, 0.1) is 6.04 Å². The van der Waals surface area contributed by atoms with E-state index in [1.54, 1.807) is 6.07 Å². The Hall–Kier alpha value is -0.940. The minimum Gasteiger partial charge on any atom is -0.306 e. The van der Waals surface area contributed by atoms with Crippen molar-refractivity contribution >= 4 is 22.6 Å². The van der Waals surface area contributed by atoms with Gasteiger partial charge in [-0.3, -0.25) is 0 Å². The zero-order valence-corrected chi connectivity index (χ0v) is 14.2. The second kappa shape index (κ2) is 6.68. The van der Waals surface area contributed by atoms with Gasteiger partial charge in [-0.25, -0.2) is 4.39 Å². The standard InChI is InChI=1S/C17H19FIN/c1-4-20-17(13-6-5-11(2)12(3)9-13)15-8-7-14(18)10-16(15)19/h5-10,17,20H,4H2,1-3H3. The van der Waals surface area contributed by atoms with Crippen molar-refractivity contribution in [2.75, 3.05) is 6.54 Å². The lowest BCUT2D eigenvalue weighted by Gasteiger charge is -2.21. The molecule has 2 aromatic carbocycles. The molecular formula is C17H19FIN. The van der Waals surface area contributed by atoms with Gasteiger partial charge in [0.2, 0.25) is 0 Å². The highest BCUT2D eigenvalue weighted by atomic mass is 127. The highest BCUT2D eigenvalue weighted by molar-refractivity contribution is 14.1. The van der Waals surface area contributed by atoms with Crippen LogP contribution in [0.25, 0.3) is 0 Å². The first-order valence-corrected chi connectivity index (χ1v) is 7.86. The third-order valence-corrected chi connectivity index (χ3v) is 4.48. The van der Waals surface area contributed by atoms with Crippen molar-refractivity contribution in [1.29, 1.82) is 0 Å². The van der Waals surface area contributed by atoms with Crippen LogP contribution in [0, 0.1) is 23.2 Å². The Morgan fingerprint density at radius 2 is 1.85 bits per heavy atom. The Morgan fingerprint density at radius 3 is 2.45 bits per heavy atom. The molecule has 2 rings (SSSR count). The van der Waals surface area contributed by atoms with Crippen LogP contribution in [0.4, 0.5) is 4.39 Å². The summed E-state index contributed by atoms with van der Waals surface area (Å²) < 4.78 is 14.2. The summed E-state index contributed by atoms with van der Waals surface area (Å²) in [6, 6.07) is 11.6. The molecule has 1 atom stereocenters. The van der Waals surface area contributed by atoms with Crippen LogP contribution >= 0.6 is 22.6 Å². The number of hydrogen-bond acceptors (Lipinski definition) is 1. The molecule has 0 amide bonds. The quantitative estimate of drug-likeness (QED) is 0.752. The number of halogens is 2. The van der Waals surface area contributed by atoms with E-state index in [9.17, 15) is 4.39 Å². The maximum atomic E-state index is 13.3. The van der Waals surface area contributed by atoms with E-state index in [0.717, 1.165) is 15.7 Å². The fourth-order valence-electron chi connectivity index (χ4n) is 2.29. The molecule has 0 aliphatic heterocycles. The maximum absolute atomic E-state index is 13.3. The second-order valence-corrected chi connectivity index (χ2v) is 6.16. The number of aryl methyl sites for hydroxylation is 2. The monoisotopic (exact) mass is 383 g/mol. The minimum atomic E-state index is -0.187. The summed E-state index contributed by atoms with van der Waals surface area (Å²) in [5, 5.41) is 3.49. The molecule has 20 heavy (non-hydrogen) atoms. The fourth-order valence-corrected chi connectivity index (χ4v) is 3.08. The summed E-state index contributed by atoms with van der Waals surface area (Å²) in [5.74, 6) is -0.187. The van der Waals surface area contributed by atoms with E-state index in [4.69, 9.17) is 0 Å². The Kier molecular flexibility index (Phi) is 5.16. The second-order valence-electron chi connectivity index (χ2n) is 5.00. The first-order valence-electron chi connectivity index (χ1n) is 6.78. The number of nitrogens with one attached hydrogen (secondary N) is 1. The first-order chi connectivity index (χ1) is 9.52. The Labute approximate surface area is 133 Å². The van der Waals surface area contributed by atoms with Crippen LogP contribution in [0.15, 0.2) is 36.4 Å². The van der Waals surface area contributed by atoms with Crippen LogP contribution in [0.2, 0.25) is 0 Å². The maximum Gasteiger partial charge on any atom is 0.124 e. The van der Waals surface area contributed by atoms with E-state index in [-0.39, 0.29) is 11.9 Å². The van der Waals surface area contributed by atoms with Gasteiger partial charge in [0.15, 0.2) is 0 Å². The summed E-state index contributed by atoms with van der Waals surface area (Å²) in [6.07, 6.45) is 0. The summed E-state index contributed by atoms with van der Waals surface area (Å²) in [7, 11) is 0. The molecule has 1 N–H and O–H groups in total. The smallest absolute Gasteiger partial charge is 0.124 e. The third kappa shape index (κ3) is 3.38. The molecule has 0 aliphatic carbocycles. The van der Waals surface area contributed by atoms with Gasteiger partial charge in [0.25, 0.3) is 0 Å². The average Bonchev–Trinajstić information content (AvgIpc) is 2.40. The van der Waals surface area contributed by atoms with Crippen LogP contribution in [-0.2, 0) is 0 Å². The van der Waals surface area contributed by atoms with Crippen molar-refractivity contribution in [2.24, 2.45) is 0 Å². The molecule has 0 radical (unpaired) electrons. The summed E-state index contributed by atoms with van der Waals surface area (Å²) >= 11 is 2.20. The van der Waals surface area contributed by atoms with Crippen molar-refractivity contribution in [3.8, 4) is 0 Å². The van der Waals surface area contributed by atoms with E-state index in [1.807, 2.05) is 6.07 Å². The van der Waals surface area contributed by atoms with Gasteiger partial charge in [-0.15, -0.1) is 0 Å². The molecular weight excluding hydrogens is 364 g/mol. The molecule has 0 saturated heterocycles. The highest BCUT2D eigenvalue weighted by Crippen LogP contribution is 2.28. The average molecular weight is 383 g/mol. The van der Waals surface area contributed by atoms with Gasteiger partial charge in [-0.2, -0.15) is 0 Å². The molecule has 106 valence electrons. The van der Waals surface area contributed by atoms with E-state index in [1.165, 1.54) is 22.8 Å². The van der Waals surface area contributed by atoms with Crippen molar-refractivity contribution < 1.29 is 4.39 Å². The van der Waals surface area contributed by atoms with Gasteiger partial charge in [-0.05, 0) is 77.4 Å². The normalized spacial score (nSPS) is 12.4.